The molecule has 0 radical (unpaired) electrons. The number of nitrogens with one attached hydrogen (secondary N) is 2. The Balaban J connectivity index is 1.71. The van der Waals surface area contributed by atoms with Crippen LogP contribution in [0.5, 0.6) is 5.75 Å². The molecule has 3 amide bonds. The van der Waals surface area contributed by atoms with Crippen molar-refractivity contribution in [2.45, 2.75) is 6.92 Å². The maximum atomic E-state index is 12.4. The number of carbonyl (C=O) groups excluding carboxylic acids is 3. The first kappa shape index (κ1) is 22.8. The number of nitro benzene ring substituents is 1. The Morgan fingerprint density at radius 2 is 1.69 bits per heavy atom. The molecule has 3 N–H and O–H groups in total. The maximum Gasteiger partial charge on any atom is 0.293 e. The smallest absolute Gasteiger partial charge is 0.293 e. The summed E-state index contributed by atoms with van der Waals surface area (Å²) in [5.41, 5.74) is 4.16. The zero-order chi connectivity index (χ0) is 23.4. The normalized spacial score (nSPS) is 13.4. The molecule has 1 heterocycles. The van der Waals surface area contributed by atoms with Crippen LogP contribution in [0.25, 0.3) is 0 Å². The van der Waals surface area contributed by atoms with Gasteiger partial charge in [0.1, 0.15) is 11.4 Å². The van der Waals surface area contributed by atoms with E-state index in [9.17, 15) is 29.6 Å². The fourth-order valence-corrected chi connectivity index (χ4v) is 3.46. The first-order chi connectivity index (χ1) is 15.2. The highest BCUT2D eigenvalue weighted by Crippen LogP contribution is 2.30. The predicted molar refractivity (Wildman–Crippen MR) is 116 cm³/mol. The van der Waals surface area contributed by atoms with E-state index in [1.807, 2.05) is 0 Å². The van der Waals surface area contributed by atoms with Gasteiger partial charge in [0.05, 0.1) is 10.5 Å². The molecule has 32 heavy (non-hydrogen) atoms. The lowest BCUT2D eigenvalue weighted by molar-refractivity contribution is -0.384. The molecule has 0 bridgehead atoms. The van der Waals surface area contributed by atoms with Crippen LogP contribution in [0.1, 0.15) is 27.6 Å². The predicted octanol–water partition coefficient (Wildman–Crippen LogP) is 1.70. The number of amides is 3. The number of hydrogen-bond acceptors (Lipinski definition) is 7. The number of hydrazine groups is 1. The summed E-state index contributed by atoms with van der Waals surface area (Å²) in [6, 6.07) is 7.83. The van der Waals surface area contributed by atoms with Crippen molar-refractivity contribution in [3.05, 3.63) is 62.7 Å². The molecule has 1 aliphatic heterocycles. The molecular formula is C20H20ClN5O6. The highest BCUT2D eigenvalue weighted by Gasteiger charge is 2.26. The van der Waals surface area contributed by atoms with Gasteiger partial charge in [-0.1, -0.05) is 11.6 Å². The number of carbonyl (C=O) groups is 3. The molecular weight excluding hydrogens is 442 g/mol. The van der Waals surface area contributed by atoms with Gasteiger partial charge in [-0.05, 0) is 30.3 Å². The molecule has 1 fully saturated rings. The van der Waals surface area contributed by atoms with Gasteiger partial charge < -0.3 is 14.9 Å². The Kier molecular flexibility index (Phi) is 6.79. The number of nitro groups is 1. The largest absolute Gasteiger partial charge is 0.507 e. The number of halogens is 1. The topological polar surface area (TPSA) is 145 Å². The van der Waals surface area contributed by atoms with E-state index in [0.29, 0.717) is 31.9 Å². The van der Waals surface area contributed by atoms with Crippen LogP contribution < -0.4 is 15.8 Å². The summed E-state index contributed by atoms with van der Waals surface area (Å²) < 4.78 is 0. The molecule has 0 aliphatic carbocycles. The number of phenolic OH excluding ortho intramolecular Hbond substituents is 1. The summed E-state index contributed by atoms with van der Waals surface area (Å²) in [7, 11) is 0. The molecule has 3 rings (SSSR count). The summed E-state index contributed by atoms with van der Waals surface area (Å²) in [4.78, 5) is 50.5. The fraction of sp³-hybridized carbons (Fsp3) is 0.250. The van der Waals surface area contributed by atoms with Gasteiger partial charge in [0.2, 0.25) is 5.91 Å². The minimum absolute atomic E-state index is 0.0431. The summed E-state index contributed by atoms with van der Waals surface area (Å²) in [6.45, 7) is 3.20. The Morgan fingerprint density at radius 3 is 2.31 bits per heavy atom. The first-order valence-electron chi connectivity index (χ1n) is 9.55. The molecule has 0 aromatic heterocycles. The molecule has 168 valence electrons. The van der Waals surface area contributed by atoms with Crippen molar-refractivity contribution in [3.63, 3.8) is 0 Å². The molecule has 11 nitrogen and oxygen atoms in total. The number of nitrogens with zero attached hydrogens (tertiary/aromatic N) is 3. The van der Waals surface area contributed by atoms with Gasteiger partial charge in [0, 0.05) is 49.8 Å². The minimum atomic E-state index is -0.812. The quantitative estimate of drug-likeness (QED) is 0.464. The van der Waals surface area contributed by atoms with E-state index in [1.165, 1.54) is 37.3 Å². The fourth-order valence-electron chi connectivity index (χ4n) is 3.28. The van der Waals surface area contributed by atoms with E-state index in [4.69, 9.17) is 11.6 Å². The van der Waals surface area contributed by atoms with Gasteiger partial charge in [0.25, 0.3) is 17.5 Å². The SMILES string of the molecule is CC(=O)N1CCN(c2ccc(C(=O)NNC(=O)c3cc(Cl)ccc3O)cc2[N+](=O)[O-])CC1. The van der Waals surface area contributed by atoms with Crippen LogP contribution in [0.4, 0.5) is 11.4 Å². The number of rotatable bonds is 4. The number of piperazine rings is 1. The molecule has 0 saturated carbocycles. The van der Waals surface area contributed by atoms with Crippen LogP contribution in [-0.2, 0) is 4.79 Å². The molecule has 0 atom stereocenters. The second kappa shape index (κ2) is 9.52. The van der Waals surface area contributed by atoms with Gasteiger partial charge in [-0.2, -0.15) is 0 Å². The number of aromatic hydroxyl groups is 1. The van der Waals surface area contributed by atoms with Gasteiger partial charge in [0.15, 0.2) is 0 Å². The lowest BCUT2D eigenvalue weighted by Gasteiger charge is -2.35. The van der Waals surface area contributed by atoms with Crippen LogP contribution >= 0.6 is 11.6 Å². The molecule has 12 heteroatoms. The van der Waals surface area contributed by atoms with Crippen molar-refractivity contribution in [2.24, 2.45) is 0 Å². The summed E-state index contributed by atoms with van der Waals surface area (Å²) >= 11 is 5.80. The van der Waals surface area contributed by atoms with E-state index in [1.54, 1.807) is 9.80 Å². The second-order valence-electron chi connectivity index (χ2n) is 7.02. The molecule has 1 aliphatic rings. The van der Waals surface area contributed by atoms with E-state index >= 15 is 0 Å². The number of phenols is 1. The zero-order valence-corrected chi connectivity index (χ0v) is 17.8. The van der Waals surface area contributed by atoms with Crippen molar-refractivity contribution in [1.82, 2.24) is 15.8 Å². The van der Waals surface area contributed by atoms with Crippen molar-refractivity contribution < 1.29 is 24.4 Å². The average molecular weight is 462 g/mol. The van der Waals surface area contributed by atoms with Gasteiger partial charge in [-0.15, -0.1) is 0 Å². The Hall–Kier alpha value is -3.86. The van der Waals surface area contributed by atoms with Crippen molar-refractivity contribution >= 4 is 40.7 Å². The third-order valence-corrected chi connectivity index (χ3v) is 5.23. The van der Waals surface area contributed by atoms with Crippen LogP contribution in [-0.4, -0.2) is 58.8 Å². The van der Waals surface area contributed by atoms with E-state index in [2.05, 4.69) is 10.9 Å². The van der Waals surface area contributed by atoms with Crippen LogP contribution in [0.2, 0.25) is 5.02 Å². The standard InChI is InChI=1S/C20H20ClN5O6/c1-12(27)24-6-8-25(9-7-24)16-4-2-13(10-17(16)26(31)32)19(29)22-23-20(30)15-11-14(21)3-5-18(15)28/h2-5,10-11,28H,6-9H2,1H3,(H,22,29)(H,23,30). The molecule has 0 spiro atoms. The van der Waals surface area contributed by atoms with E-state index in [0.717, 1.165) is 6.07 Å². The third-order valence-electron chi connectivity index (χ3n) is 4.99. The van der Waals surface area contributed by atoms with Crippen molar-refractivity contribution in [2.75, 3.05) is 31.1 Å². The molecule has 1 saturated heterocycles. The van der Waals surface area contributed by atoms with Crippen LogP contribution in [0.15, 0.2) is 36.4 Å². The van der Waals surface area contributed by atoms with Gasteiger partial charge >= 0.3 is 0 Å². The van der Waals surface area contributed by atoms with Gasteiger partial charge in [-0.25, -0.2) is 0 Å². The average Bonchev–Trinajstić information content (AvgIpc) is 2.78. The molecule has 2 aromatic carbocycles. The highest BCUT2D eigenvalue weighted by atomic mass is 35.5. The minimum Gasteiger partial charge on any atom is -0.507 e. The summed E-state index contributed by atoms with van der Waals surface area (Å²) in [5.74, 6) is -1.98. The van der Waals surface area contributed by atoms with Crippen molar-refractivity contribution in [1.29, 1.82) is 0 Å². The van der Waals surface area contributed by atoms with Crippen LogP contribution in [0, 0.1) is 10.1 Å². The Bertz CT molecular complexity index is 1080. The summed E-state index contributed by atoms with van der Waals surface area (Å²) in [6.07, 6.45) is 0. The zero-order valence-electron chi connectivity index (χ0n) is 17.0. The summed E-state index contributed by atoms with van der Waals surface area (Å²) in [5, 5.41) is 21.6. The molecule has 0 unspecified atom stereocenters. The van der Waals surface area contributed by atoms with Crippen LogP contribution in [0.3, 0.4) is 0 Å². The monoisotopic (exact) mass is 461 g/mol. The van der Waals surface area contributed by atoms with Crippen molar-refractivity contribution in [3.8, 4) is 5.75 Å². The Morgan fingerprint density at radius 1 is 1.03 bits per heavy atom. The lowest BCUT2D eigenvalue weighted by Crippen LogP contribution is -2.48. The first-order valence-corrected chi connectivity index (χ1v) is 9.93. The lowest BCUT2D eigenvalue weighted by atomic mass is 10.1. The molecule has 2 aromatic rings. The number of hydrogen-bond donors (Lipinski definition) is 3. The Labute approximate surface area is 187 Å². The van der Waals surface area contributed by atoms with E-state index < -0.39 is 16.7 Å². The van der Waals surface area contributed by atoms with Gasteiger partial charge in [-0.3, -0.25) is 35.3 Å². The third kappa shape index (κ3) is 5.06. The second-order valence-corrected chi connectivity index (χ2v) is 7.46. The maximum absolute atomic E-state index is 12.4. The number of anilines is 1. The number of benzene rings is 2. The van der Waals surface area contributed by atoms with E-state index in [-0.39, 0.29) is 33.5 Å². The highest BCUT2D eigenvalue weighted by molar-refractivity contribution is 6.31.